The SMILES string of the molecule is COC(=O)c1ccc(NC(=O)C2CCN(C(C)=O)CC2)cc1C#CCN. The molecular formula is C19H23N3O4. The highest BCUT2D eigenvalue weighted by Gasteiger charge is 2.26. The lowest BCUT2D eigenvalue weighted by atomic mass is 9.95. The third-order valence-electron chi connectivity index (χ3n) is 4.33. The maximum absolute atomic E-state index is 12.5. The lowest BCUT2D eigenvalue weighted by Crippen LogP contribution is -2.40. The summed E-state index contributed by atoms with van der Waals surface area (Å²) in [5, 5.41) is 2.86. The second-order valence-electron chi connectivity index (χ2n) is 6.03. The van der Waals surface area contributed by atoms with Gasteiger partial charge in [0.25, 0.3) is 0 Å². The van der Waals surface area contributed by atoms with Crippen molar-refractivity contribution >= 4 is 23.5 Å². The molecular weight excluding hydrogens is 334 g/mol. The number of carbonyl (C=O) groups excluding carboxylic acids is 3. The minimum absolute atomic E-state index is 0.0328. The van der Waals surface area contributed by atoms with Crippen molar-refractivity contribution in [2.24, 2.45) is 11.7 Å². The van der Waals surface area contributed by atoms with Crippen LogP contribution in [-0.2, 0) is 14.3 Å². The first-order valence-corrected chi connectivity index (χ1v) is 8.44. The van der Waals surface area contributed by atoms with Crippen LogP contribution in [-0.4, -0.2) is 49.4 Å². The van der Waals surface area contributed by atoms with Crippen molar-refractivity contribution in [1.29, 1.82) is 0 Å². The minimum atomic E-state index is -0.499. The fourth-order valence-electron chi connectivity index (χ4n) is 2.86. The number of amides is 2. The Hall–Kier alpha value is -2.85. The van der Waals surface area contributed by atoms with Gasteiger partial charge in [0, 0.05) is 37.2 Å². The van der Waals surface area contributed by atoms with Gasteiger partial charge in [-0.2, -0.15) is 0 Å². The standard InChI is InChI=1S/C19H23N3O4/c1-13(23)22-10-7-14(8-11-22)18(24)21-16-5-6-17(19(25)26-2)15(12-16)4-3-9-20/h5-6,12,14H,7-11,20H2,1-2H3,(H,21,24). The first-order valence-electron chi connectivity index (χ1n) is 8.44. The molecule has 0 aromatic heterocycles. The molecule has 3 N–H and O–H groups in total. The zero-order chi connectivity index (χ0) is 19.1. The second kappa shape index (κ2) is 9.02. The van der Waals surface area contributed by atoms with Crippen LogP contribution in [0, 0.1) is 17.8 Å². The van der Waals surface area contributed by atoms with Gasteiger partial charge < -0.3 is 20.7 Å². The largest absolute Gasteiger partial charge is 0.465 e. The van der Waals surface area contributed by atoms with Crippen molar-refractivity contribution in [2.45, 2.75) is 19.8 Å². The van der Waals surface area contributed by atoms with E-state index in [1.54, 1.807) is 23.1 Å². The fraction of sp³-hybridized carbons (Fsp3) is 0.421. The van der Waals surface area contributed by atoms with Crippen LogP contribution in [0.2, 0.25) is 0 Å². The Labute approximate surface area is 152 Å². The van der Waals surface area contributed by atoms with Gasteiger partial charge in [-0.05, 0) is 31.0 Å². The summed E-state index contributed by atoms with van der Waals surface area (Å²) in [4.78, 5) is 37.4. The van der Waals surface area contributed by atoms with Crippen molar-refractivity contribution in [2.75, 3.05) is 32.1 Å². The molecule has 2 amide bonds. The summed E-state index contributed by atoms with van der Waals surface area (Å²) in [5.74, 6) is 4.82. The van der Waals surface area contributed by atoms with Crippen LogP contribution in [0.25, 0.3) is 0 Å². The topological polar surface area (TPSA) is 102 Å². The molecule has 0 saturated carbocycles. The van der Waals surface area contributed by atoms with Gasteiger partial charge in [0.15, 0.2) is 0 Å². The van der Waals surface area contributed by atoms with Crippen LogP contribution in [0.5, 0.6) is 0 Å². The maximum Gasteiger partial charge on any atom is 0.339 e. The van der Waals surface area contributed by atoms with Crippen LogP contribution in [0.4, 0.5) is 5.69 Å². The van der Waals surface area contributed by atoms with Gasteiger partial charge in [-0.1, -0.05) is 11.8 Å². The predicted octanol–water partition coefficient (Wildman–Crippen LogP) is 0.980. The van der Waals surface area contributed by atoms with E-state index >= 15 is 0 Å². The van der Waals surface area contributed by atoms with Gasteiger partial charge in [-0.3, -0.25) is 9.59 Å². The van der Waals surface area contributed by atoms with E-state index in [0.717, 1.165) is 0 Å². The first kappa shape index (κ1) is 19.5. The molecule has 0 unspecified atom stereocenters. The summed E-state index contributed by atoms with van der Waals surface area (Å²) in [6, 6.07) is 4.85. The molecule has 1 heterocycles. The van der Waals surface area contributed by atoms with Crippen molar-refractivity contribution in [3.05, 3.63) is 29.3 Å². The number of hydrogen-bond acceptors (Lipinski definition) is 5. The number of rotatable bonds is 3. The Balaban J connectivity index is 2.10. The molecule has 0 radical (unpaired) electrons. The van der Waals surface area contributed by atoms with E-state index in [0.29, 0.717) is 42.7 Å². The lowest BCUT2D eigenvalue weighted by molar-refractivity contribution is -0.132. The Morgan fingerprint density at radius 1 is 1.31 bits per heavy atom. The average molecular weight is 357 g/mol. The van der Waals surface area contributed by atoms with Crippen LogP contribution < -0.4 is 11.1 Å². The molecule has 1 saturated heterocycles. The molecule has 0 bridgehead atoms. The average Bonchev–Trinajstić information content (AvgIpc) is 2.65. The summed E-state index contributed by atoms with van der Waals surface area (Å²) in [6.07, 6.45) is 1.26. The van der Waals surface area contributed by atoms with Gasteiger partial charge >= 0.3 is 5.97 Å². The number of carbonyl (C=O) groups is 3. The predicted molar refractivity (Wildman–Crippen MR) is 97.3 cm³/mol. The monoisotopic (exact) mass is 357 g/mol. The fourth-order valence-corrected chi connectivity index (χ4v) is 2.86. The van der Waals surface area contributed by atoms with Crippen molar-refractivity contribution in [3.63, 3.8) is 0 Å². The highest BCUT2D eigenvalue weighted by atomic mass is 16.5. The molecule has 0 aliphatic carbocycles. The maximum atomic E-state index is 12.5. The normalized spacial score (nSPS) is 14.2. The highest BCUT2D eigenvalue weighted by Crippen LogP contribution is 2.21. The number of nitrogens with two attached hydrogens (primary N) is 1. The van der Waals surface area contributed by atoms with E-state index in [1.807, 2.05) is 0 Å². The Morgan fingerprint density at radius 2 is 2.00 bits per heavy atom. The van der Waals surface area contributed by atoms with Gasteiger partial charge in [-0.15, -0.1) is 0 Å². The number of ether oxygens (including phenoxy) is 1. The van der Waals surface area contributed by atoms with Gasteiger partial charge in [0.1, 0.15) is 0 Å². The molecule has 1 aliphatic rings. The number of likely N-dealkylation sites (tertiary alicyclic amines) is 1. The Bertz CT molecular complexity index is 756. The summed E-state index contributed by atoms with van der Waals surface area (Å²) >= 11 is 0. The van der Waals surface area contributed by atoms with E-state index in [4.69, 9.17) is 10.5 Å². The van der Waals surface area contributed by atoms with Crippen LogP contribution >= 0.6 is 0 Å². The number of nitrogens with zero attached hydrogens (tertiary/aromatic N) is 1. The number of nitrogens with one attached hydrogen (secondary N) is 1. The molecule has 7 nitrogen and oxygen atoms in total. The number of piperidine rings is 1. The Kier molecular flexibility index (Phi) is 6.75. The molecule has 7 heteroatoms. The van der Waals surface area contributed by atoms with E-state index in [-0.39, 0.29) is 24.3 Å². The molecule has 138 valence electrons. The molecule has 1 aromatic carbocycles. The van der Waals surface area contributed by atoms with Gasteiger partial charge in [0.2, 0.25) is 11.8 Å². The molecule has 1 aliphatic heterocycles. The van der Waals surface area contributed by atoms with Crippen LogP contribution in [0.3, 0.4) is 0 Å². The van der Waals surface area contributed by atoms with Gasteiger partial charge in [0.05, 0.1) is 19.2 Å². The summed E-state index contributed by atoms with van der Waals surface area (Å²) < 4.78 is 4.74. The minimum Gasteiger partial charge on any atom is -0.465 e. The van der Waals surface area contributed by atoms with Crippen molar-refractivity contribution in [3.8, 4) is 11.8 Å². The van der Waals surface area contributed by atoms with Crippen molar-refractivity contribution < 1.29 is 19.1 Å². The molecule has 1 aromatic rings. The number of anilines is 1. The van der Waals surface area contributed by atoms with Crippen LogP contribution in [0.15, 0.2) is 18.2 Å². The van der Waals surface area contributed by atoms with E-state index in [9.17, 15) is 14.4 Å². The molecule has 0 atom stereocenters. The van der Waals surface area contributed by atoms with E-state index in [2.05, 4.69) is 17.2 Å². The molecule has 1 fully saturated rings. The van der Waals surface area contributed by atoms with E-state index in [1.165, 1.54) is 14.0 Å². The molecule has 26 heavy (non-hydrogen) atoms. The second-order valence-corrected chi connectivity index (χ2v) is 6.03. The van der Waals surface area contributed by atoms with E-state index < -0.39 is 5.97 Å². The third-order valence-corrected chi connectivity index (χ3v) is 4.33. The number of esters is 1. The number of benzene rings is 1. The quantitative estimate of drug-likeness (QED) is 0.620. The molecule has 2 rings (SSSR count). The number of methoxy groups -OCH3 is 1. The lowest BCUT2D eigenvalue weighted by Gasteiger charge is -2.30. The summed E-state index contributed by atoms with van der Waals surface area (Å²) in [6.45, 7) is 2.86. The Morgan fingerprint density at radius 3 is 2.58 bits per heavy atom. The number of hydrogen-bond donors (Lipinski definition) is 2. The smallest absolute Gasteiger partial charge is 0.339 e. The third kappa shape index (κ3) is 4.83. The first-order chi connectivity index (χ1) is 12.5. The summed E-state index contributed by atoms with van der Waals surface area (Å²) in [5.41, 5.74) is 6.72. The van der Waals surface area contributed by atoms with Gasteiger partial charge in [-0.25, -0.2) is 4.79 Å². The van der Waals surface area contributed by atoms with Crippen molar-refractivity contribution in [1.82, 2.24) is 4.90 Å². The summed E-state index contributed by atoms with van der Waals surface area (Å²) in [7, 11) is 1.30. The highest BCUT2D eigenvalue weighted by molar-refractivity contribution is 5.96. The van der Waals surface area contributed by atoms with Crippen LogP contribution in [0.1, 0.15) is 35.7 Å². The molecule has 0 spiro atoms. The zero-order valence-electron chi connectivity index (χ0n) is 15.0. The zero-order valence-corrected chi connectivity index (χ0v) is 15.0.